The maximum atomic E-state index is 11.7. The molecule has 0 unspecified atom stereocenters. The Hall–Kier alpha value is -1.10. The minimum Gasteiger partial charge on any atom is -0.317 e. The molecule has 77 valence electrons. The monoisotopic (exact) mass is 201 g/mol. The fourth-order valence-corrected chi connectivity index (χ4v) is 0.858. The highest BCUT2D eigenvalue weighted by Gasteiger charge is 2.06. The Balaban J connectivity index is 2.64. The van der Waals surface area contributed by atoms with Gasteiger partial charge in [-0.2, -0.15) is 8.78 Å². The van der Waals surface area contributed by atoms with Crippen LogP contribution in [0.15, 0.2) is 6.07 Å². The van der Waals surface area contributed by atoms with Crippen LogP contribution in [-0.4, -0.2) is 16.6 Å². The van der Waals surface area contributed by atoms with Crippen LogP contribution >= 0.6 is 0 Å². The van der Waals surface area contributed by atoms with E-state index < -0.39 is 6.61 Å². The molecule has 1 heterocycles. The van der Waals surface area contributed by atoms with Crippen LogP contribution in [-0.2, 0) is 11.3 Å². The van der Waals surface area contributed by atoms with Crippen molar-refractivity contribution in [3.8, 4) is 0 Å². The van der Waals surface area contributed by atoms with Gasteiger partial charge in [0, 0.05) is 5.92 Å². The van der Waals surface area contributed by atoms with Crippen molar-refractivity contribution >= 4 is 0 Å². The van der Waals surface area contributed by atoms with Crippen LogP contribution in [0.5, 0.6) is 0 Å². The summed E-state index contributed by atoms with van der Waals surface area (Å²) in [4.78, 5) is 7.93. The number of rotatable bonds is 4. The lowest BCUT2D eigenvalue weighted by Gasteiger charge is -2.05. The lowest BCUT2D eigenvalue weighted by molar-refractivity contribution is -0.138. The molecule has 5 heteroatoms. The van der Waals surface area contributed by atoms with Crippen LogP contribution in [0.4, 0.5) is 8.78 Å². The molecule has 0 N–H and O–H groups in total. The number of hydrogen-bond donors (Lipinski definition) is 0. The minimum absolute atomic E-state index is 0.151. The molecular weight excluding hydrogens is 190 g/mol. The first-order valence-corrected chi connectivity index (χ1v) is 4.23. The van der Waals surface area contributed by atoms with Gasteiger partial charge in [-0.3, -0.25) is 0 Å². The molecule has 0 aliphatic heterocycles. The van der Waals surface area contributed by atoms with Crippen LogP contribution < -0.4 is 0 Å². The lowest BCUT2D eigenvalue weighted by Crippen LogP contribution is -2.05. The Bertz CT molecular complexity index is 292. The fourth-order valence-electron chi connectivity index (χ4n) is 0.858. The van der Waals surface area contributed by atoms with Crippen molar-refractivity contribution < 1.29 is 13.5 Å². The van der Waals surface area contributed by atoms with E-state index in [0.29, 0.717) is 11.5 Å². The van der Waals surface area contributed by atoms with Gasteiger partial charge in [0.25, 0.3) is 0 Å². The Labute approximate surface area is 81.1 Å². The van der Waals surface area contributed by atoms with E-state index >= 15 is 0 Å². The van der Waals surface area contributed by atoms with Crippen molar-refractivity contribution in [3.05, 3.63) is 23.8 Å². The maximum absolute atomic E-state index is 11.7. The van der Waals surface area contributed by atoms with Gasteiger partial charge in [0.1, 0.15) is 5.82 Å². The van der Waals surface area contributed by atoms with Gasteiger partial charge in [-0.1, -0.05) is 13.8 Å². The zero-order valence-electron chi connectivity index (χ0n) is 8.00. The second kappa shape index (κ2) is 4.95. The molecule has 1 aromatic heterocycles. The van der Waals surface area contributed by atoms with Crippen molar-refractivity contribution in [2.45, 2.75) is 33.0 Å². The number of halogens is 2. The van der Waals surface area contributed by atoms with Crippen molar-refractivity contribution in [2.75, 3.05) is 0 Å². The second-order valence-electron chi connectivity index (χ2n) is 3.07. The van der Waals surface area contributed by atoms with Crippen molar-refractivity contribution in [3.63, 3.8) is 0 Å². The fraction of sp³-hybridized carbons (Fsp3) is 0.556. The molecule has 0 atom stereocenters. The van der Waals surface area contributed by atoms with Crippen LogP contribution in [0, 0.1) is 6.20 Å². The molecule has 0 aliphatic rings. The Morgan fingerprint density at radius 3 is 2.79 bits per heavy atom. The van der Waals surface area contributed by atoms with E-state index in [2.05, 4.69) is 20.9 Å². The van der Waals surface area contributed by atoms with Gasteiger partial charge in [-0.25, -0.2) is 9.97 Å². The Morgan fingerprint density at radius 2 is 2.21 bits per heavy atom. The number of ether oxygens (including phenoxy) is 1. The number of alkyl halides is 2. The zero-order valence-corrected chi connectivity index (χ0v) is 8.00. The average molecular weight is 201 g/mol. The van der Waals surface area contributed by atoms with Gasteiger partial charge in [0.2, 0.25) is 0 Å². The summed E-state index contributed by atoms with van der Waals surface area (Å²) < 4.78 is 27.5. The molecule has 1 rings (SSSR count). The van der Waals surface area contributed by atoms with Gasteiger partial charge in [0.15, 0.2) is 0 Å². The Morgan fingerprint density at radius 1 is 1.50 bits per heavy atom. The molecule has 0 bridgehead atoms. The van der Waals surface area contributed by atoms with Gasteiger partial charge in [-0.15, -0.1) is 0 Å². The molecule has 0 amide bonds. The first kappa shape index (κ1) is 11.0. The third-order valence-electron chi connectivity index (χ3n) is 1.54. The third kappa shape index (κ3) is 3.33. The summed E-state index contributed by atoms with van der Waals surface area (Å²) in [7, 11) is 0. The largest absolute Gasteiger partial charge is 0.345 e. The molecule has 14 heavy (non-hydrogen) atoms. The highest BCUT2D eigenvalue weighted by Crippen LogP contribution is 2.09. The summed E-state index contributed by atoms with van der Waals surface area (Å²) in [5, 5.41) is 0. The highest BCUT2D eigenvalue weighted by molar-refractivity contribution is 5.02. The molecule has 0 fully saturated rings. The number of hydrogen-bond acceptors (Lipinski definition) is 3. The molecule has 1 aromatic rings. The molecule has 1 radical (unpaired) electrons. The highest BCUT2D eigenvalue weighted by atomic mass is 19.3. The molecular formula is C9H11F2N2O. The third-order valence-corrected chi connectivity index (χ3v) is 1.54. The quantitative estimate of drug-likeness (QED) is 0.748. The van der Waals surface area contributed by atoms with Crippen molar-refractivity contribution in [2.24, 2.45) is 0 Å². The topological polar surface area (TPSA) is 35.0 Å². The summed E-state index contributed by atoms with van der Waals surface area (Å²) in [5.74, 6) is 0.734. The summed E-state index contributed by atoms with van der Waals surface area (Å²) in [5.41, 5.74) is 0.420. The van der Waals surface area contributed by atoms with Crippen molar-refractivity contribution in [1.29, 1.82) is 0 Å². The van der Waals surface area contributed by atoms with E-state index in [4.69, 9.17) is 0 Å². The average Bonchev–Trinajstić information content (AvgIpc) is 2.15. The van der Waals surface area contributed by atoms with E-state index in [9.17, 15) is 8.78 Å². The molecule has 0 saturated carbocycles. The number of aromatic nitrogens is 2. The van der Waals surface area contributed by atoms with Crippen LogP contribution in [0.1, 0.15) is 31.3 Å². The lowest BCUT2D eigenvalue weighted by atomic mass is 10.2. The zero-order chi connectivity index (χ0) is 10.6. The van der Waals surface area contributed by atoms with E-state index in [0.717, 1.165) is 0 Å². The summed E-state index contributed by atoms with van der Waals surface area (Å²) in [6.45, 7) is 0.852. The molecule has 0 aliphatic carbocycles. The summed E-state index contributed by atoms with van der Waals surface area (Å²) in [6, 6.07) is 1.44. The number of nitrogens with zero attached hydrogens (tertiary/aromatic N) is 2. The maximum Gasteiger partial charge on any atom is 0.345 e. The second-order valence-corrected chi connectivity index (χ2v) is 3.07. The van der Waals surface area contributed by atoms with Crippen LogP contribution in [0.3, 0.4) is 0 Å². The van der Waals surface area contributed by atoms with Crippen LogP contribution in [0.2, 0.25) is 0 Å². The van der Waals surface area contributed by atoms with Crippen molar-refractivity contribution in [1.82, 2.24) is 9.97 Å². The van der Waals surface area contributed by atoms with Gasteiger partial charge in [0.05, 0.1) is 18.5 Å². The van der Waals surface area contributed by atoms with Gasteiger partial charge < -0.3 is 4.74 Å². The van der Waals surface area contributed by atoms with E-state index in [1.165, 1.54) is 6.07 Å². The SMILES string of the molecule is CC(C)c1n[c]cc(COC(F)F)n1. The predicted octanol–water partition coefficient (Wildman–Crippen LogP) is 2.14. The van der Waals surface area contributed by atoms with Gasteiger partial charge >= 0.3 is 6.61 Å². The standard InChI is InChI=1S/C9H11F2N2O/c1-6(2)8-12-4-3-7(13-8)5-14-9(10)11/h3,6,9H,5H2,1-2H3. The molecule has 0 saturated heterocycles. The van der Waals surface area contributed by atoms with E-state index in [1.54, 1.807) is 0 Å². The van der Waals surface area contributed by atoms with Crippen LogP contribution in [0.25, 0.3) is 0 Å². The molecule has 0 aromatic carbocycles. The first-order chi connectivity index (χ1) is 6.59. The normalized spacial score (nSPS) is 11.3. The van der Waals surface area contributed by atoms with Gasteiger partial charge in [-0.05, 0) is 6.07 Å². The van der Waals surface area contributed by atoms with E-state index in [1.807, 2.05) is 13.8 Å². The van der Waals surface area contributed by atoms with E-state index in [-0.39, 0.29) is 12.5 Å². The Kier molecular flexibility index (Phi) is 3.88. The molecule has 3 nitrogen and oxygen atoms in total. The summed E-state index contributed by atoms with van der Waals surface area (Å²) >= 11 is 0. The first-order valence-electron chi connectivity index (χ1n) is 4.23. The summed E-state index contributed by atoms with van der Waals surface area (Å²) in [6.07, 6.45) is 2.60. The molecule has 0 spiro atoms. The minimum atomic E-state index is -2.77. The smallest absolute Gasteiger partial charge is 0.317 e. The predicted molar refractivity (Wildman–Crippen MR) is 45.8 cm³/mol.